The summed E-state index contributed by atoms with van der Waals surface area (Å²) in [6.07, 6.45) is 0.773. The number of amides is 1. The second kappa shape index (κ2) is 9.25. The van der Waals surface area contributed by atoms with Gasteiger partial charge in [0.05, 0.1) is 31.2 Å². The van der Waals surface area contributed by atoms with E-state index >= 15 is 0 Å². The van der Waals surface area contributed by atoms with E-state index in [0.29, 0.717) is 33.4 Å². The fourth-order valence-electron chi connectivity index (χ4n) is 3.08. The molecule has 0 radical (unpaired) electrons. The minimum atomic E-state index is -0.223. The van der Waals surface area contributed by atoms with Gasteiger partial charge in [0.15, 0.2) is 5.16 Å². The smallest absolute Gasteiger partial charge is 0.278 e. The predicted molar refractivity (Wildman–Crippen MR) is 119 cm³/mol. The zero-order valence-electron chi connectivity index (χ0n) is 17.7. The van der Waals surface area contributed by atoms with Crippen molar-refractivity contribution in [1.82, 2.24) is 14.5 Å². The van der Waals surface area contributed by atoms with Crippen molar-refractivity contribution in [3.63, 3.8) is 0 Å². The van der Waals surface area contributed by atoms with Gasteiger partial charge in [-0.1, -0.05) is 18.7 Å². The number of hydrogen-bond acceptors (Lipinski definition) is 6. The summed E-state index contributed by atoms with van der Waals surface area (Å²) in [6, 6.07) is 6.97. The Balaban J connectivity index is 1.83. The number of anilines is 1. The van der Waals surface area contributed by atoms with Crippen LogP contribution in [0.3, 0.4) is 0 Å². The molecule has 2 N–H and O–H groups in total. The fraction of sp³-hybridized carbons (Fsp3) is 0.381. The van der Waals surface area contributed by atoms with E-state index in [0.717, 1.165) is 12.1 Å². The molecule has 160 valence electrons. The van der Waals surface area contributed by atoms with Crippen LogP contribution in [0.2, 0.25) is 0 Å². The van der Waals surface area contributed by atoms with E-state index in [9.17, 15) is 9.59 Å². The number of rotatable bonds is 8. The first-order valence-electron chi connectivity index (χ1n) is 9.64. The van der Waals surface area contributed by atoms with Gasteiger partial charge in [-0.3, -0.25) is 14.2 Å². The molecular weight excluding hydrogens is 404 g/mol. The molecule has 3 aromatic rings. The molecule has 0 bridgehead atoms. The number of aryl methyl sites for hydroxylation is 1. The highest BCUT2D eigenvalue weighted by molar-refractivity contribution is 7.99. The average molecular weight is 431 g/mol. The van der Waals surface area contributed by atoms with E-state index < -0.39 is 0 Å². The number of hydrogen-bond donors (Lipinski definition) is 2. The first-order chi connectivity index (χ1) is 14.4. The third kappa shape index (κ3) is 4.46. The van der Waals surface area contributed by atoms with E-state index in [1.165, 1.54) is 18.9 Å². The molecule has 0 saturated carbocycles. The van der Waals surface area contributed by atoms with Crippen LogP contribution in [-0.4, -0.2) is 40.4 Å². The van der Waals surface area contributed by atoms with E-state index in [-0.39, 0.29) is 23.3 Å². The number of H-pyrrole nitrogens is 1. The molecule has 3 rings (SSSR count). The highest BCUT2D eigenvalue weighted by Crippen LogP contribution is 2.29. The van der Waals surface area contributed by atoms with Crippen molar-refractivity contribution in [3.05, 3.63) is 40.3 Å². The Bertz CT molecular complexity index is 1120. The number of carbonyl (C=O) groups is 1. The van der Waals surface area contributed by atoms with Gasteiger partial charge in [0.25, 0.3) is 5.56 Å². The van der Waals surface area contributed by atoms with Crippen molar-refractivity contribution in [2.75, 3.05) is 25.3 Å². The molecule has 0 spiro atoms. The number of fused-ring (bicyclic) bond motifs is 1. The molecule has 0 aliphatic rings. The number of methoxy groups -OCH3 is 2. The molecule has 0 fully saturated rings. The monoisotopic (exact) mass is 430 g/mol. The Labute approximate surface area is 179 Å². The van der Waals surface area contributed by atoms with Crippen LogP contribution in [0.4, 0.5) is 5.69 Å². The number of nitrogens with one attached hydrogen (secondary N) is 2. The molecule has 0 unspecified atom stereocenters. The molecule has 1 aromatic carbocycles. The summed E-state index contributed by atoms with van der Waals surface area (Å²) in [5.74, 6) is 1.02. The van der Waals surface area contributed by atoms with Crippen LogP contribution >= 0.6 is 11.8 Å². The molecule has 0 aliphatic heterocycles. The molecule has 0 saturated heterocycles. The lowest BCUT2D eigenvalue weighted by atomic mass is 10.2. The van der Waals surface area contributed by atoms with Crippen molar-refractivity contribution < 1.29 is 14.3 Å². The predicted octanol–water partition coefficient (Wildman–Crippen LogP) is 3.75. The highest BCUT2D eigenvalue weighted by atomic mass is 32.2. The largest absolute Gasteiger partial charge is 0.497 e. The molecule has 0 aliphatic carbocycles. The number of aromatic nitrogens is 3. The van der Waals surface area contributed by atoms with Gasteiger partial charge in [0, 0.05) is 17.8 Å². The Morgan fingerprint density at radius 3 is 2.73 bits per heavy atom. The highest BCUT2D eigenvalue weighted by Gasteiger charge is 2.18. The molecule has 2 aromatic heterocycles. The summed E-state index contributed by atoms with van der Waals surface area (Å²) < 4.78 is 12.2. The Hall–Kier alpha value is -2.94. The van der Waals surface area contributed by atoms with Crippen molar-refractivity contribution in [2.24, 2.45) is 0 Å². The quantitative estimate of drug-likeness (QED) is 0.417. The third-order valence-corrected chi connectivity index (χ3v) is 5.79. The zero-order chi connectivity index (χ0) is 21.8. The van der Waals surface area contributed by atoms with Gasteiger partial charge in [-0.15, -0.1) is 0 Å². The van der Waals surface area contributed by atoms with Gasteiger partial charge in [-0.2, -0.15) is 0 Å². The van der Waals surface area contributed by atoms with Crippen LogP contribution in [-0.2, 0) is 4.79 Å². The van der Waals surface area contributed by atoms with Crippen molar-refractivity contribution >= 4 is 34.4 Å². The summed E-state index contributed by atoms with van der Waals surface area (Å²) in [6.45, 7) is 5.87. The van der Waals surface area contributed by atoms with E-state index in [1.807, 2.05) is 26.8 Å². The maximum absolute atomic E-state index is 13.0. The second-order valence-electron chi connectivity index (χ2n) is 6.94. The fourth-order valence-corrected chi connectivity index (χ4v) is 3.98. The summed E-state index contributed by atoms with van der Waals surface area (Å²) in [7, 11) is 3.10. The lowest BCUT2D eigenvalue weighted by Crippen LogP contribution is -2.26. The van der Waals surface area contributed by atoms with Crippen LogP contribution in [0, 0.1) is 6.92 Å². The van der Waals surface area contributed by atoms with Gasteiger partial charge in [-0.25, -0.2) is 4.98 Å². The summed E-state index contributed by atoms with van der Waals surface area (Å²) in [5.41, 5.74) is 2.40. The first-order valence-corrected chi connectivity index (χ1v) is 10.6. The number of ether oxygens (including phenoxy) is 2. The summed E-state index contributed by atoms with van der Waals surface area (Å²) >= 11 is 1.24. The molecule has 9 heteroatoms. The van der Waals surface area contributed by atoms with Gasteiger partial charge in [0.2, 0.25) is 5.91 Å². The third-order valence-electron chi connectivity index (χ3n) is 4.83. The van der Waals surface area contributed by atoms with Crippen LogP contribution in [0.1, 0.15) is 32.0 Å². The number of nitrogens with zero attached hydrogens (tertiary/aromatic N) is 2. The lowest BCUT2D eigenvalue weighted by molar-refractivity contribution is -0.113. The Kier molecular flexibility index (Phi) is 6.71. The first kappa shape index (κ1) is 21.8. The molecule has 30 heavy (non-hydrogen) atoms. The summed E-state index contributed by atoms with van der Waals surface area (Å²) in [5, 5.41) is 3.37. The molecule has 1 atom stereocenters. The number of benzene rings is 1. The minimum Gasteiger partial charge on any atom is -0.497 e. The van der Waals surface area contributed by atoms with Crippen molar-refractivity contribution in [2.45, 2.75) is 38.4 Å². The standard InChI is InChI=1S/C21H26N4O4S/c1-6-13(3)25-20(27)19-16(9-12(2)22-19)24-21(25)30-11-18(26)23-15-8-7-14(28-4)10-17(15)29-5/h7-10,13,22H,6,11H2,1-5H3,(H,23,26)/t13-/m1/s1. The van der Waals surface area contributed by atoms with E-state index in [1.54, 1.807) is 29.9 Å². The van der Waals surface area contributed by atoms with E-state index in [4.69, 9.17) is 9.47 Å². The second-order valence-corrected chi connectivity index (χ2v) is 7.88. The Morgan fingerprint density at radius 1 is 1.30 bits per heavy atom. The molecule has 8 nitrogen and oxygen atoms in total. The topological polar surface area (TPSA) is 98.2 Å². The maximum Gasteiger partial charge on any atom is 0.278 e. The SMILES string of the molecule is CC[C@@H](C)n1c(SCC(=O)Nc2ccc(OC)cc2OC)nc2cc(C)[nH]c2c1=O. The molecule has 1 amide bonds. The van der Waals surface area contributed by atoms with Crippen molar-refractivity contribution in [1.29, 1.82) is 0 Å². The van der Waals surface area contributed by atoms with Gasteiger partial charge in [0.1, 0.15) is 17.0 Å². The number of thioether (sulfide) groups is 1. The van der Waals surface area contributed by atoms with E-state index in [2.05, 4.69) is 15.3 Å². The van der Waals surface area contributed by atoms with Gasteiger partial charge >= 0.3 is 0 Å². The summed E-state index contributed by atoms with van der Waals surface area (Å²) in [4.78, 5) is 33.3. The zero-order valence-corrected chi connectivity index (χ0v) is 18.6. The van der Waals surface area contributed by atoms with Crippen LogP contribution < -0.4 is 20.3 Å². The normalized spacial score (nSPS) is 12.0. The maximum atomic E-state index is 13.0. The van der Waals surface area contributed by atoms with Crippen LogP contribution in [0.25, 0.3) is 11.0 Å². The lowest BCUT2D eigenvalue weighted by Gasteiger charge is -2.17. The molecule has 2 heterocycles. The molecular formula is C21H26N4O4S. The van der Waals surface area contributed by atoms with Crippen LogP contribution in [0.5, 0.6) is 11.5 Å². The average Bonchev–Trinajstić information content (AvgIpc) is 3.12. The van der Waals surface area contributed by atoms with Gasteiger partial charge in [-0.05, 0) is 38.5 Å². The number of aromatic amines is 1. The van der Waals surface area contributed by atoms with Gasteiger partial charge < -0.3 is 19.8 Å². The van der Waals surface area contributed by atoms with Crippen LogP contribution in [0.15, 0.2) is 34.2 Å². The number of carbonyl (C=O) groups excluding carboxylic acids is 1. The Morgan fingerprint density at radius 2 is 2.07 bits per heavy atom. The minimum absolute atomic E-state index is 0.0368. The van der Waals surface area contributed by atoms with Crippen molar-refractivity contribution in [3.8, 4) is 11.5 Å².